The van der Waals surface area contributed by atoms with Crippen LogP contribution < -0.4 is 0 Å². The molecule has 0 heterocycles. The molecule has 82 valence electrons. The molecule has 0 saturated carbocycles. The summed E-state index contributed by atoms with van der Waals surface area (Å²) in [6, 6.07) is 4.02. The normalized spacial score (nSPS) is 21.2. The number of hydrogen-bond acceptors (Lipinski definition) is 1. The van der Waals surface area contributed by atoms with Crippen LogP contribution in [-0.2, 0) is 12.6 Å². The Kier molecular flexibility index (Phi) is 2.46. The van der Waals surface area contributed by atoms with Crippen molar-refractivity contribution in [2.75, 3.05) is 0 Å². The van der Waals surface area contributed by atoms with Crippen LogP contribution in [0, 0.1) is 0 Å². The predicted octanol–water partition coefficient (Wildman–Crippen LogP) is 3.08. The van der Waals surface area contributed by atoms with Gasteiger partial charge in [-0.05, 0) is 36.5 Å². The van der Waals surface area contributed by atoms with E-state index in [1.807, 2.05) is 0 Å². The molecular formula is C11H11F3O. The number of fused-ring (bicyclic) bond motifs is 1. The van der Waals surface area contributed by atoms with E-state index in [1.165, 1.54) is 6.07 Å². The van der Waals surface area contributed by atoms with Gasteiger partial charge in [-0.2, -0.15) is 13.2 Å². The molecular weight excluding hydrogens is 205 g/mol. The summed E-state index contributed by atoms with van der Waals surface area (Å²) in [6.45, 7) is 0. The topological polar surface area (TPSA) is 20.2 Å². The van der Waals surface area contributed by atoms with E-state index in [0.29, 0.717) is 24.8 Å². The third-order valence-corrected chi connectivity index (χ3v) is 2.78. The average molecular weight is 216 g/mol. The summed E-state index contributed by atoms with van der Waals surface area (Å²) in [6.07, 6.45) is -3.49. The summed E-state index contributed by atoms with van der Waals surface area (Å²) < 4.78 is 37.9. The fourth-order valence-corrected chi connectivity index (χ4v) is 2.09. The fourth-order valence-electron chi connectivity index (χ4n) is 2.09. The van der Waals surface area contributed by atoms with Crippen LogP contribution >= 0.6 is 0 Å². The first-order valence-corrected chi connectivity index (χ1v) is 4.87. The van der Waals surface area contributed by atoms with Gasteiger partial charge < -0.3 is 5.11 Å². The Labute approximate surface area is 85.5 Å². The first-order valence-electron chi connectivity index (χ1n) is 4.87. The molecule has 0 aliphatic heterocycles. The highest BCUT2D eigenvalue weighted by Crippen LogP contribution is 2.38. The van der Waals surface area contributed by atoms with Crippen molar-refractivity contribution in [2.45, 2.75) is 31.5 Å². The van der Waals surface area contributed by atoms with Gasteiger partial charge in [0.1, 0.15) is 0 Å². The lowest BCUT2D eigenvalue weighted by Gasteiger charge is -2.24. The molecule has 4 heteroatoms. The second-order valence-corrected chi connectivity index (χ2v) is 3.78. The average Bonchev–Trinajstić information content (AvgIpc) is 2.16. The van der Waals surface area contributed by atoms with Crippen LogP contribution in [0.5, 0.6) is 0 Å². The number of hydrogen-bond donors (Lipinski definition) is 1. The summed E-state index contributed by atoms with van der Waals surface area (Å²) in [7, 11) is 0. The molecule has 1 atom stereocenters. The van der Waals surface area contributed by atoms with E-state index in [4.69, 9.17) is 0 Å². The Morgan fingerprint density at radius 1 is 1.27 bits per heavy atom. The highest BCUT2D eigenvalue weighted by molar-refractivity contribution is 5.39. The van der Waals surface area contributed by atoms with Crippen LogP contribution in [0.15, 0.2) is 18.2 Å². The van der Waals surface area contributed by atoms with Crippen LogP contribution in [0.25, 0.3) is 0 Å². The van der Waals surface area contributed by atoms with Gasteiger partial charge in [0.15, 0.2) is 0 Å². The minimum Gasteiger partial charge on any atom is -0.388 e. The van der Waals surface area contributed by atoms with Gasteiger partial charge in [-0.1, -0.05) is 12.1 Å². The molecule has 0 amide bonds. The molecule has 1 nitrogen and oxygen atoms in total. The summed E-state index contributed by atoms with van der Waals surface area (Å²) in [5.74, 6) is 0. The van der Waals surface area contributed by atoms with Crippen molar-refractivity contribution >= 4 is 0 Å². The maximum Gasteiger partial charge on any atom is 0.416 e. The second-order valence-electron chi connectivity index (χ2n) is 3.78. The van der Waals surface area contributed by atoms with Gasteiger partial charge >= 0.3 is 6.18 Å². The molecule has 1 aliphatic rings. The molecule has 2 rings (SSSR count). The molecule has 1 aliphatic carbocycles. The zero-order chi connectivity index (χ0) is 11.1. The Hall–Kier alpha value is -1.03. The fraction of sp³-hybridized carbons (Fsp3) is 0.455. The molecule has 0 spiro atoms. The van der Waals surface area contributed by atoms with Gasteiger partial charge in [0.25, 0.3) is 0 Å². The molecule has 0 aromatic heterocycles. The van der Waals surface area contributed by atoms with Gasteiger partial charge in [-0.3, -0.25) is 0 Å². The van der Waals surface area contributed by atoms with E-state index in [1.54, 1.807) is 6.07 Å². The summed E-state index contributed by atoms with van der Waals surface area (Å²) in [5, 5.41) is 9.58. The molecule has 0 bridgehead atoms. The highest BCUT2D eigenvalue weighted by Gasteiger charge is 2.35. The maximum atomic E-state index is 12.6. The lowest BCUT2D eigenvalue weighted by atomic mass is 9.86. The Morgan fingerprint density at radius 2 is 2.00 bits per heavy atom. The third kappa shape index (κ3) is 1.86. The van der Waals surface area contributed by atoms with Crippen molar-refractivity contribution in [1.82, 2.24) is 0 Å². The molecule has 15 heavy (non-hydrogen) atoms. The molecule has 0 radical (unpaired) electrons. The smallest absolute Gasteiger partial charge is 0.388 e. The zero-order valence-electron chi connectivity index (χ0n) is 8.01. The van der Waals surface area contributed by atoms with Crippen molar-refractivity contribution < 1.29 is 18.3 Å². The van der Waals surface area contributed by atoms with Crippen LogP contribution in [0.4, 0.5) is 13.2 Å². The molecule has 0 fully saturated rings. The van der Waals surface area contributed by atoms with Crippen LogP contribution in [0.3, 0.4) is 0 Å². The zero-order valence-corrected chi connectivity index (χ0v) is 8.01. The van der Waals surface area contributed by atoms with Crippen LogP contribution in [0.2, 0.25) is 0 Å². The first kappa shape index (κ1) is 10.5. The maximum absolute atomic E-state index is 12.6. The van der Waals surface area contributed by atoms with Gasteiger partial charge in [-0.15, -0.1) is 0 Å². The van der Waals surface area contributed by atoms with Gasteiger partial charge in [0.05, 0.1) is 11.7 Å². The Morgan fingerprint density at radius 3 is 2.67 bits per heavy atom. The Bertz CT molecular complexity index is 371. The minimum absolute atomic E-state index is 0.267. The number of aliphatic hydroxyl groups is 1. The molecule has 1 aromatic rings. The van der Waals surface area contributed by atoms with E-state index in [2.05, 4.69) is 0 Å². The Balaban J connectivity index is 2.54. The summed E-state index contributed by atoms with van der Waals surface area (Å²) in [5.41, 5.74) is 0.110. The second kappa shape index (κ2) is 3.52. The number of aliphatic hydroxyl groups excluding tert-OH is 1. The summed E-state index contributed by atoms with van der Waals surface area (Å²) >= 11 is 0. The van der Waals surface area contributed by atoms with Crippen molar-refractivity contribution in [3.05, 3.63) is 34.9 Å². The molecule has 0 saturated heterocycles. The predicted molar refractivity (Wildman–Crippen MR) is 49.3 cm³/mol. The number of alkyl halides is 3. The van der Waals surface area contributed by atoms with E-state index in [-0.39, 0.29) is 5.56 Å². The largest absolute Gasteiger partial charge is 0.416 e. The monoisotopic (exact) mass is 216 g/mol. The standard InChI is InChI=1S/C11H11F3O/c12-11(13,14)9-5-1-4-8-7(9)3-2-6-10(8)15/h1,4-5,10,15H,2-3,6H2/t10-/m1/s1. The van der Waals surface area contributed by atoms with E-state index < -0.39 is 17.8 Å². The number of benzene rings is 1. The third-order valence-electron chi connectivity index (χ3n) is 2.78. The van der Waals surface area contributed by atoms with Crippen molar-refractivity contribution in [3.63, 3.8) is 0 Å². The van der Waals surface area contributed by atoms with Crippen molar-refractivity contribution in [2.24, 2.45) is 0 Å². The first-order chi connectivity index (χ1) is 7.00. The molecule has 1 N–H and O–H groups in total. The quantitative estimate of drug-likeness (QED) is 0.706. The number of halogens is 3. The van der Waals surface area contributed by atoms with Crippen molar-refractivity contribution in [3.8, 4) is 0 Å². The summed E-state index contributed by atoms with van der Waals surface area (Å²) in [4.78, 5) is 0. The SMILES string of the molecule is O[C@@H]1CCCc2c1cccc2C(F)(F)F. The van der Waals surface area contributed by atoms with Gasteiger partial charge in [-0.25, -0.2) is 0 Å². The highest BCUT2D eigenvalue weighted by atomic mass is 19.4. The molecule has 0 unspecified atom stereocenters. The van der Waals surface area contributed by atoms with Gasteiger partial charge in [0, 0.05) is 0 Å². The lowest BCUT2D eigenvalue weighted by molar-refractivity contribution is -0.138. The molecule has 1 aromatic carbocycles. The minimum atomic E-state index is -4.32. The van der Waals surface area contributed by atoms with Crippen LogP contribution in [-0.4, -0.2) is 5.11 Å². The van der Waals surface area contributed by atoms with Gasteiger partial charge in [0.2, 0.25) is 0 Å². The lowest BCUT2D eigenvalue weighted by Crippen LogP contribution is -2.16. The van der Waals surface area contributed by atoms with E-state index >= 15 is 0 Å². The number of rotatable bonds is 0. The van der Waals surface area contributed by atoms with E-state index in [0.717, 1.165) is 6.07 Å². The van der Waals surface area contributed by atoms with E-state index in [9.17, 15) is 18.3 Å². The van der Waals surface area contributed by atoms with Crippen LogP contribution in [0.1, 0.15) is 35.6 Å². The van der Waals surface area contributed by atoms with Crippen molar-refractivity contribution in [1.29, 1.82) is 0 Å².